The summed E-state index contributed by atoms with van der Waals surface area (Å²) in [6.45, 7) is 13.7. The van der Waals surface area contributed by atoms with Crippen LogP contribution in [-0.2, 0) is 11.8 Å². The highest BCUT2D eigenvalue weighted by molar-refractivity contribution is 7.09. The topological polar surface area (TPSA) is 24.9 Å². The minimum atomic E-state index is 0.172. The van der Waals surface area contributed by atoms with Gasteiger partial charge in [0, 0.05) is 23.8 Å². The molecule has 0 amide bonds. The van der Waals surface area contributed by atoms with E-state index in [9.17, 15) is 0 Å². The molecule has 0 aliphatic heterocycles. The first-order valence-corrected chi connectivity index (χ1v) is 8.89. The highest BCUT2D eigenvalue weighted by Crippen LogP contribution is 2.47. The number of hydrogen-bond acceptors (Lipinski definition) is 3. The van der Waals surface area contributed by atoms with Crippen molar-refractivity contribution in [3.63, 3.8) is 0 Å². The molecule has 3 heteroatoms. The Labute approximate surface area is 128 Å². The lowest BCUT2D eigenvalue weighted by Gasteiger charge is -2.29. The molecule has 1 saturated carbocycles. The zero-order chi connectivity index (χ0) is 14.8. The van der Waals surface area contributed by atoms with Gasteiger partial charge in [0.2, 0.25) is 0 Å². The lowest BCUT2D eigenvalue weighted by molar-refractivity contribution is 0.255. The van der Waals surface area contributed by atoms with Crippen LogP contribution in [0, 0.1) is 11.3 Å². The molecule has 1 atom stereocenters. The predicted octanol–water partition coefficient (Wildman–Crippen LogP) is 4.40. The molecule has 0 bridgehead atoms. The average molecular weight is 295 g/mol. The van der Waals surface area contributed by atoms with Crippen molar-refractivity contribution in [1.29, 1.82) is 0 Å². The average Bonchev–Trinajstić information content (AvgIpc) is 3.10. The van der Waals surface area contributed by atoms with Crippen LogP contribution in [-0.4, -0.2) is 18.1 Å². The number of thiazole rings is 1. The van der Waals surface area contributed by atoms with Crippen molar-refractivity contribution in [2.75, 3.05) is 13.1 Å². The second-order valence-corrected chi connectivity index (χ2v) is 8.60. The predicted molar refractivity (Wildman–Crippen MR) is 88.5 cm³/mol. The Morgan fingerprint density at radius 2 is 2.00 bits per heavy atom. The molecule has 1 aromatic heterocycles. The molecule has 1 N–H and O–H groups in total. The third-order valence-corrected chi connectivity index (χ3v) is 5.24. The first kappa shape index (κ1) is 16.0. The van der Waals surface area contributed by atoms with Gasteiger partial charge in [0.1, 0.15) is 0 Å². The van der Waals surface area contributed by atoms with Gasteiger partial charge in [-0.15, -0.1) is 11.3 Å². The molecule has 1 unspecified atom stereocenters. The second kappa shape index (κ2) is 6.15. The monoisotopic (exact) mass is 294 g/mol. The molecule has 1 fully saturated rings. The fourth-order valence-corrected chi connectivity index (χ4v) is 3.98. The quantitative estimate of drug-likeness (QED) is 0.754. The smallest absolute Gasteiger partial charge is 0.0934 e. The standard InChI is InChI=1S/C17H30N2S/c1-6-9-18-12-17(5,13-7-8-13)10-15-19-14(11-20-15)16(2,3)4/h11,13,18H,6-10,12H2,1-5H3. The van der Waals surface area contributed by atoms with Crippen LogP contribution < -0.4 is 5.32 Å². The molecule has 1 aliphatic carbocycles. The Bertz CT molecular complexity index is 428. The largest absolute Gasteiger partial charge is 0.316 e. The minimum absolute atomic E-state index is 0.172. The lowest BCUT2D eigenvalue weighted by Crippen LogP contribution is -2.36. The van der Waals surface area contributed by atoms with E-state index >= 15 is 0 Å². The summed E-state index contributed by atoms with van der Waals surface area (Å²) in [7, 11) is 0. The summed E-state index contributed by atoms with van der Waals surface area (Å²) in [5, 5.41) is 7.21. The van der Waals surface area contributed by atoms with Crippen molar-refractivity contribution in [3.05, 3.63) is 16.1 Å². The van der Waals surface area contributed by atoms with Crippen LogP contribution in [0.5, 0.6) is 0 Å². The van der Waals surface area contributed by atoms with Crippen LogP contribution in [0.1, 0.15) is 64.6 Å². The molecular weight excluding hydrogens is 264 g/mol. The second-order valence-electron chi connectivity index (χ2n) is 7.66. The van der Waals surface area contributed by atoms with Crippen molar-refractivity contribution in [1.82, 2.24) is 10.3 Å². The SMILES string of the molecule is CCCNCC(C)(Cc1nc(C(C)(C)C)cs1)C1CC1. The number of aromatic nitrogens is 1. The maximum atomic E-state index is 4.90. The van der Waals surface area contributed by atoms with Gasteiger partial charge >= 0.3 is 0 Å². The van der Waals surface area contributed by atoms with Crippen molar-refractivity contribution < 1.29 is 0 Å². The highest BCUT2D eigenvalue weighted by atomic mass is 32.1. The molecule has 2 nitrogen and oxygen atoms in total. The summed E-state index contributed by atoms with van der Waals surface area (Å²) in [4.78, 5) is 4.90. The van der Waals surface area contributed by atoms with Gasteiger partial charge in [-0.2, -0.15) is 0 Å². The number of rotatable bonds is 7. The summed E-state index contributed by atoms with van der Waals surface area (Å²) in [6, 6.07) is 0. The van der Waals surface area contributed by atoms with E-state index in [1.54, 1.807) is 0 Å². The third kappa shape index (κ3) is 4.05. The van der Waals surface area contributed by atoms with Gasteiger partial charge in [-0.3, -0.25) is 0 Å². The molecule has 0 radical (unpaired) electrons. The summed E-state index contributed by atoms with van der Waals surface area (Å²) in [6.07, 6.45) is 5.16. The van der Waals surface area contributed by atoms with Gasteiger partial charge in [-0.25, -0.2) is 4.98 Å². The normalized spacial score (nSPS) is 19.1. The van der Waals surface area contributed by atoms with E-state index in [1.165, 1.54) is 30.0 Å². The maximum Gasteiger partial charge on any atom is 0.0934 e. The van der Waals surface area contributed by atoms with Crippen LogP contribution >= 0.6 is 11.3 Å². The van der Waals surface area contributed by atoms with Crippen molar-refractivity contribution in [2.45, 2.75) is 65.7 Å². The highest BCUT2D eigenvalue weighted by Gasteiger charge is 2.41. The summed E-state index contributed by atoms with van der Waals surface area (Å²) >= 11 is 1.85. The molecule has 0 aromatic carbocycles. The summed E-state index contributed by atoms with van der Waals surface area (Å²) in [5.74, 6) is 0.897. The fourth-order valence-electron chi connectivity index (χ4n) is 2.76. The van der Waals surface area contributed by atoms with Crippen LogP contribution in [0.3, 0.4) is 0 Å². The number of nitrogens with zero attached hydrogens (tertiary/aromatic N) is 1. The Hall–Kier alpha value is -0.410. The van der Waals surface area contributed by atoms with Gasteiger partial charge in [0.05, 0.1) is 10.7 Å². The molecule has 1 aliphatic rings. The van der Waals surface area contributed by atoms with E-state index in [0.29, 0.717) is 5.41 Å². The lowest BCUT2D eigenvalue weighted by atomic mass is 9.81. The van der Waals surface area contributed by atoms with Crippen molar-refractivity contribution in [2.24, 2.45) is 11.3 Å². The molecular formula is C17H30N2S. The van der Waals surface area contributed by atoms with Gasteiger partial charge < -0.3 is 5.32 Å². The maximum absolute atomic E-state index is 4.90. The van der Waals surface area contributed by atoms with Crippen molar-refractivity contribution >= 4 is 11.3 Å². The van der Waals surface area contributed by atoms with E-state index in [0.717, 1.165) is 25.4 Å². The fraction of sp³-hybridized carbons (Fsp3) is 0.824. The molecule has 114 valence electrons. The number of nitrogens with one attached hydrogen (secondary N) is 1. The molecule has 20 heavy (non-hydrogen) atoms. The number of hydrogen-bond donors (Lipinski definition) is 1. The van der Waals surface area contributed by atoms with Gasteiger partial charge in [0.25, 0.3) is 0 Å². The van der Waals surface area contributed by atoms with E-state index in [1.807, 2.05) is 11.3 Å². The Morgan fingerprint density at radius 1 is 1.30 bits per heavy atom. The van der Waals surface area contributed by atoms with Crippen LogP contribution in [0.4, 0.5) is 0 Å². The van der Waals surface area contributed by atoms with Crippen LogP contribution in [0.15, 0.2) is 5.38 Å². The van der Waals surface area contributed by atoms with Crippen LogP contribution in [0.2, 0.25) is 0 Å². The van der Waals surface area contributed by atoms with Crippen LogP contribution in [0.25, 0.3) is 0 Å². The first-order chi connectivity index (χ1) is 9.35. The summed E-state index contributed by atoms with van der Waals surface area (Å²) in [5.41, 5.74) is 1.81. The van der Waals surface area contributed by atoms with E-state index in [-0.39, 0.29) is 5.41 Å². The van der Waals surface area contributed by atoms with Gasteiger partial charge in [-0.1, -0.05) is 34.6 Å². The Morgan fingerprint density at radius 3 is 2.50 bits per heavy atom. The van der Waals surface area contributed by atoms with E-state index in [2.05, 4.69) is 45.3 Å². The first-order valence-electron chi connectivity index (χ1n) is 8.01. The molecule has 0 saturated heterocycles. The Balaban J connectivity index is 2.02. The Kier molecular flexibility index (Phi) is 4.91. The molecule has 1 heterocycles. The van der Waals surface area contributed by atoms with Gasteiger partial charge in [-0.05, 0) is 37.1 Å². The summed E-state index contributed by atoms with van der Waals surface area (Å²) < 4.78 is 0. The van der Waals surface area contributed by atoms with E-state index in [4.69, 9.17) is 4.98 Å². The third-order valence-electron chi connectivity index (χ3n) is 4.39. The van der Waals surface area contributed by atoms with Crippen molar-refractivity contribution in [3.8, 4) is 0 Å². The van der Waals surface area contributed by atoms with Gasteiger partial charge in [0.15, 0.2) is 0 Å². The molecule has 1 aromatic rings. The minimum Gasteiger partial charge on any atom is -0.316 e. The van der Waals surface area contributed by atoms with E-state index < -0.39 is 0 Å². The zero-order valence-corrected chi connectivity index (χ0v) is 14.6. The molecule has 2 rings (SSSR count). The molecule has 0 spiro atoms. The zero-order valence-electron chi connectivity index (χ0n) is 13.8.